The fraction of sp³-hybridized carbons (Fsp3) is 0.435. The van der Waals surface area contributed by atoms with Crippen LogP contribution in [0.5, 0.6) is 0 Å². The van der Waals surface area contributed by atoms with Gasteiger partial charge in [0, 0.05) is 42.6 Å². The first-order chi connectivity index (χ1) is 14.5. The summed E-state index contributed by atoms with van der Waals surface area (Å²) in [5.41, 5.74) is 3.47. The van der Waals surface area contributed by atoms with Gasteiger partial charge in [0.2, 0.25) is 5.91 Å². The Morgan fingerprint density at radius 1 is 1.13 bits per heavy atom. The lowest BCUT2D eigenvalue weighted by Crippen LogP contribution is -2.39. The molecule has 0 spiro atoms. The third kappa shape index (κ3) is 4.52. The van der Waals surface area contributed by atoms with Crippen LogP contribution in [0.4, 0.5) is 20.3 Å². The second kappa shape index (κ2) is 7.59. The first kappa shape index (κ1) is 21.2. The van der Waals surface area contributed by atoms with Crippen LogP contribution in [0.25, 0.3) is 16.9 Å². The molecule has 8 heteroatoms. The molecule has 2 aromatic heterocycles. The van der Waals surface area contributed by atoms with Crippen LogP contribution in [-0.2, 0) is 4.79 Å². The van der Waals surface area contributed by atoms with Crippen molar-refractivity contribution in [3.63, 3.8) is 0 Å². The van der Waals surface area contributed by atoms with E-state index in [1.54, 1.807) is 4.52 Å². The largest absolute Gasteiger partial charge is 0.355 e. The quantitative estimate of drug-likeness (QED) is 0.644. The van der Waals surface area contributed by atoms with E-state index in [2.05, 4.69) is 15.4 Å². The van der Waals surface area contributed by atoms with Gasteiger partial charge in [-0.3, -0.25) is 4.79 Å². The van der Waals surface area contributed by atoms with Crippen molar-refractivity contribution in [1.29, 1.82) is 0 Å². The number of aromatic nitrogens is 3. The second-order valence-corrected chi connectivity index (χ2v) is 9.20. The van der Waals surface area contributed by atoms with Crippen molar-refractivity contribution in [2.75, 3.05) is 23.3 Å². The lowest BCUT2D eigenvalue weighted by molar-refractivity contribution is -0.123. The summed E-state index contributed by atoms with van der Waals surface area (Å²) >= 11 is 0. The highest BCUT2D eigenvalue weighted by molar-refractivity contribution is 5.95. The molecule has 3 aromatic rings. The smallest absolute Gasteiger partial charge is 0.251 e. The van der Waals surface area contributed by atoms with Crippen molar-refractivity contribution in [1.82, 2.24) is 14.6 Å². The fourth-order valence-corrected chi connectivity index (χ4v) is 3.47. The van der Waals surface area contributed by atoms with E-state index < -0.39 is 11.3 Å². The fourth-order valence-electron chi connectivity index (χ4n) is 3.47. The van der Waals surface area contributed by atoms with Gasteiger partial charge in [0.15, 0.2) is 5.65 Å². The molecule has 1 aromatic carbocycles. The highest BCUT2D eigenvalue weighted by Crippen LogP contribution is 2.30. The van der Waals surface area contributed by atoms with Gasteiger partial charge in [-0.05, 0) is 30.7 Å². The normalized spacial score (nSPS) is 16.5. The monoisotopic (exact) mass is 427 g/mol. The molecule has 31 heavy (non-hydrogen) atoms. The number of halogens is 2. The van der Waals surface area contributed by atoms with Gasteiger partial charge in [-0.1, -0.05) is 32.9 Å². The Morgan fingerprint density at radius 3 is 2.52 bits per heavy atom. The van der Waals surface area contributed by atoms with Crippen LogP contribution in [0.1, 0.15) is 39.2 Å². The summed E-state index contributed by atoms with van der Waals surface area (Å²) in [5.74, 6) is -1.98. The van der Waals surface area contributed by atoms with E-state index >= 15 is 0 Å². The molecule has 3 heterocycles. The Bertz CT molecular complexity index is 1120. The van der Waals surface area contributed by atoms with E-state index in [4.69, 9.17) is 0 Å². The predicted molar refractivity (Wildman–Crippen MR) is 118 cm³/mol. The number of hydrogen-bond acceptors (Lipinski definition) is 4. The molecule has 0 aliphatic carbocycles. The van der Waals surface area contributed by atoms with Crippen LogP contribution in [0.15, 0.2) is 36.5 Å². The molecule has 4 rings (SSSR count). The van der Waals surface area contributed by atoms with Gasteiger partial charge in [0.25, 0.3) is 5.92 Å². The maximum absolute atomic E-state index is 13.5. The van der Waals surface area contributed by atoms with Gasteiger partial charge in [-0.15, -0.1) is 5.10 Å². The van der Waals surface area contributed by atoms with Crippen LogP contribution >= 0.6 is 0 Å². The maximum Gasteiger partial charge on any atom is 0.251 e. The standard InChI is InChI=1S/C23H27F2N5O/c1-15-5-6-16(13-17(15)27-21(31)22(2,3)4)18-14-30-19(26-18)7-8-20(28-30)29-11-9-23(24,25)10-12-29/h5-8,13-14H,9-12H2,1-4H3,(H,27,31). The highest BCUT2D eigenvalue weighted by Gasteiger charge is 2.34. The Balaban J connectivity index is 1.60. The Kier molecular flexibility index (Phi) is 5.19. The van der Waals surface area contributed by atoms with Crippen LogP contribution in [0.2, 0.25) is 0 Å². The maximum atomic E-state index is 13.5. The van der Waals surface area contributed by atoms with Gasteiger partial charge < -0.3 is 10.2 Å². The molecular weight excluding hydrogens is 400 g/mol. The molecule has 1 amide bonds. The first-order valence-corrected chi connectivity index (χ1v) is 10.4. The van der Waals surface area contributed by atoms with E-state index in [0.717, 1.165) is 22.5 Å². The molecule has 164 valence electrons. The number of aryl methyl sites for hydroxylation is 1. The molecule has 6 nitrogen and oxygen atoms in total. The minimum atomic E-state index is -2.59. The molecule has 0 atom stereocenters. The molecule has 1 N–H and O–H groups in total. The van der Waals surface area contributed by atoms with Crippen molar-refractivity contribution < 1.29 is 13.6 Å². The summed E-state index contributed by atoms with van der Waals surface area (Å²) in [5, 5.41) is 7.57. The van der Waals surface area contributed by atoms with Gasteiger partial charge in [-0.2, -0.15) is 0 Å². The number of benzene rings is 1. The summed E-state index contributed by atoms with van der Waals surface area (Å²) in [6, 6.07) is 9.48. The second-order valence-electron chi connectivity index (χ2n) is 9.20. The number of nitrogens with zero attached hydrogens (tertiary/aromatic N) is 4. The number of piperidine rings is 1. The molecule has 1 fully saturated rings. The lowest BCUT2D eigenvalue weighted by Gasteiger charge is -2.32. The minimum absolute atomic E-state index is 0.0545. The molecule has 0 radical (unpaired) electrons. The third-order valence-corrected chi connectivity index (χ3v) is 5.59. The number of imidazole rings is 1. The zero-order chi connectivity index (χ0) is 22.4. The van der Waals surface area contributed by atoms with Crippen LogP contribution in [-0.4, -0.2) is 39.5 Å². The van der Waals surface area contributed by atoms with Crippen molar-refractivity contribution in [2.45, 2.75) is 46.5 Å². The number of nitrogens with one attached hydrogen (secondary N) is 1. The minimum Gasteiger partial charge on any atom is -0.355 e. The molecule has 0 unspecified atom stereocenters. The van der Waals surface area contributed by atoms with E-state index in [9.17, 15) is 13.6 Å². The molecule has 1 aliphatic heterocycles. The number of rotatable bonds is 3. The summed E-state index contributed by atoms with van der Waals surface area (Å²) < 4.78 is 28.6. The van der Waals surface area contributed by atoms with Crippen LogP contribution in [0.3, 0.4) is 0 Å². The SMILES string of the molecule is Cc1ccc(-c2cn3nc(N4CCC(F)(F)CC4)ccc3n2)cc1NC(=O)C(C)(C)C. The number of carbonyl (C=O) groups is 1. The zero-order valence-corrected chi connectivity index (χ0v) is 18.2. The van der Waals surface area contributed by atoms with Crippen LogP contribution < -0.4 is 10.2 Å². The molecule has 0 bridgehead atoms. The van der Waals surface area contributed by atoms with Crippen molar-refractivity contribution in [3.8, 4) is 11.3 Å². The van der Waals surface area contributed by atoms with Gasteiger partial charge in [-0.25, -0.2) is 18.3 Å². The topological polar surface area (TPSA) is 62.5 Å². The predicted octanol–water partition coefficient (Wildman–Crippen LogP) is 4.92. The van der Waals surface area contributed by atoms with Gasteiger partial charge in [0.1, 0.15) is 5.82 Å². The Hall–Kier alpha value is -3.03. The first-order valence-electron chi connectivity index (χ1n) is 10.4. The Labute approximate surface area is 180 Å². The number of carbonyl (C=O) groups excluding carboxylic acids is 1. The third-order valence-electron chi connectivity index (χ3n) is 5.59. The van der Waals surface area contributed by atoms with Gasteiger partial charge >= 0.3 is 0 Å². The van der Waals surface area contributed by atoms with E-state index in [1.165, 1.54) is 0 Å². The summed E-state index contributed by atoms with van der Waals surface area (Å²) in [6.07, 6.45) is 1.50. The number of amides is 1. The van der Waals surface area contributed by atoms with Crippen molar-refractivity contribution in [3.05, 3.63) is 42.1 Å². The molecule has 0 saturated carbocycles. The lowest BCUT2D eigenvalue weighted by atomic mass is 9.95. The van der Waals surface area contributed by atoms with Crippen molar-refractivity contribution in [2.24, 2.45) is 5.41 Å². The molecule has 1 saturated heterocycles. The average molecular weight is 427 g/mol. The highest BCUT2D eigenvalue weighted by atomic mass is 19.3. The summed E-state index contributed by atoms with van der Waals surface area (Å²) in [6.45, 7) is 8.12. The van der Waals surface area contributed by atoms with E-state index in [0.29, 0.717) is 11.5 Å². The summed E-state index contributed by atoms with van der Waals surface area (Å²) in [7, 11) is 0. The van der Waals surface area contributed by atoms with Gasteiger partial charge in [0.05, 0.1) is 11.9 Å². The van der Waals surface area contributed by atoms with E-state index in [1.807, 2.05) is 69.1 Å². The Morgan fingerprint density at radius 2 is 1.84 bits per heavy atom. The average Bonchev–Trinajstić information content (AvgIpc) is 3.12. The number of hydrogen-bond donors (Lipinski definition) is 1. The number of fused-ring (bicyclic) bond motifs is 1. The molecule has 1 aliphatic rings. The zero-order valence-electron chi connectivity index (χ0n) is 18.2. The number of alkyl halides is 2. The van der Waals surface area contributed by atoms with E-state index in [-0.39, 0.29) is 31.8 Å². The van der Waals surface area contributed by atoms with Crippen molar-refractivity contribution >= 4 is 23.1 Å². The number of anilines is 2. The summed E-state index contributed by atoms with van der Waals surface area (Å²) in [4.78, 5) is 18.9. The molecular formula is C23H27F2N5O. The van der Waals surface area contributed by atoms with Crippen LogP contribution in [0, 0.1) is 12.3 Å².